The van der Waals surface area contributed by atoms with Crippen molar-refractivity contribution in [2.75, 3.05) is 13.2 Å². The lowest BCUT2D eigenvalue weighted by Crippen LogP contribution is -2.55. The molecule has 6 atom stereocenters. The predicted molar refractivity (Wildman–Crippen MR) is 143 cm³/mol. The van der Waals surface area contributed by atoms with E-state index in [1.54, 1.807) is 0 Å². The number of fused-ring (bicyclic) bond motifs is 4. The van der Waals surface area contributed by atoms with E-state index >= 15 is 0 Å². The van der Waals surface area contributed by atoms with Gasteiger partial charge in [-0.3, -0.25) is 4.79 Å². The zero-order valence-electron chi connectivity index (χ0n) is 22.7. The highest BCUT2D eigenvalue weighted by atomic mass is 16.7. The molecule has 7 rings (SSSR count). The molecule has 0 aromatic heterocycles. The van der Waals surface area contributed by atoms with Crippen molar-refractivity contribution in [2.24, 2.45) is 23.2 Å². The van der Waals surface area contributed by atoms with Gasteiger partial charge in [0.2, 0.25) is 0 Å². The molecule has 202 valence electrons. The van der Waals surface area contributed by atoms with Gasteiger partial charge in [0.15, 0.2) is 11.6 Å². The molecule has 5 aliphatic carbocycles. The van der Waals surface area contributed by atoms with E-state index in [4.69, 9.17) is 9.47 Å². The Morgan fingerprint density at radius 1 is 1.00 bits per heavy atom. The molecular formula is C33H40O5. The van der Waals surface area contributed by atoms with Crippen LogP contribution in [0.5, 0.6) is 0 Å². The van der Waals surface area contributed by atoms with Crippen molar-refractivity contribution in [3.8, 4) is 11.8 Å². The molecule has 38 heavy (non-hydrogen) atoms. The van der Waals surface area contributed by atoms with Crippen LogP contribution in [-0.2, 0) is 9.47 Å². The molecule has 1 spiro atoms. The van der Waals surface area contributed by atoms with Crippen LogP contribution in [0.1, 0.15) is 99.9 Å². The molecule has 0 amide bonds. The van der Waals surface area contributed by atoms with E-state index in [-0.39, 0.29) is 23.0 Å². The summed E-state index contributed by atoms with van der Waals surface area (Å²) in [5, 5.41) is 24.1. The Labute approximate surface area is 226 Å². The van der Waals surface area contributed by atoms with E-state index < -0.39 is 17.0 Å². The lowest BCUT2D eigenvalue weighted by atomic mass is 9.49. The second-order valence-electron chi connectivity index (χ2n) is 13.2. The molecule has 1 saturated heterocycles. The van der Waals surface area contributed by atoms with Gasteiger partial charge in [-0.05, 0) is 81.3 Å². The maximum atomic E-state index is 12.7. The van der Waals surface area contributed by atoms with Crippen LogP contribution in [-0.4, -0.2) is 46.2 Å². The Hall–Kier alpha value is -1.97. The standard InChI is InChI=1S/C33H40O5/c1-3-13-32(36)15-11-26-24-10-14-31(35)20-33(37-17-18-38-33)16-12-27(31)28(24)25(19-30(26,32)2)21-4-6-22(7-5-21)29(34)23-8-9-23/h4-7,23-26,35-36H,8-12,14-20H2,1-2H3/t24?,25-,26?,30+,31-,32+/m1/s1. The molecule has 4 saturated carbocycles. The van der Waals surface area contributed by atoms with Gasteiger partial charge in [-0.2, -0.15) is 0 Å². The molecule has 2 unspecified atom stereocenters. The fourth-order valence-electron chi connectivity index (χ4n) is 9.19. The highest BCUT2D eigenvalue weighted by molar-refractivity contribution is 5.99. The van der Waals surface area contributed by atoms with Gasteiger partial charge in [0.1, 0.15) is 5.60 Å². The minimum atomic E-state index is -1.00. The van der Waals surface area contributed by atoms with E-state index in [0.717, 1.165) is 50.5 Å². The smallest absolute Gasteiger partial charge is 0.171 e. The summed E-state index contributed by atoms with van der Waals surface area (Å²) >= 11 is 0. The summed E-state index contributed by atoms with van der Waals surface area (Å²) in [5.74, 6) is 6.80. The fraction of sp³-hybridized carbons (Fsp3) is 0.667. The SMILES string of the molecule is CC#C[C@]1(O)CCC2C3CC[C@@]4(O)CC5(CCC4=C3[C@@H](c3ccc(C(=O)C4CC4)cc3)C[C@@]21C)OCCO5. The lowest BCUT2D eigenvalue weighted by molar-refractivity contribution is -0.208. The van der Waals surface area contributed by atoms with Gasteiger partial charge in [-0.1, -0.05) is 42.7 Å². The van der Waals surface area contributed by atoms with E-state index in [2.05, 4.69) is 30.9 Å². The Morgan fingerprint density at radius 3 is 2.42 bits per heavy atom. The van der Waals surface area contributed by atoms with Crippen molar-refractivity contribution in [2.45, 2.75) is 101 Å². The zero-order chi connectivity index (χ0) is 26.3. The van der Waals surface area contributed by atoms with Crippen LogP contribution in [0.3, 0.4) is 0 Å². The summed E-state index contributed by atoms with van der Waals surface area (Å²) in [6.45, 7) is 5.27. The Balaban J connectivity index is 1.33. The van der Waals surface area contributed by atoms with Crippen molar-refractivity contribution in [3.05, 3.63) is 46.5 Å². The zero-order valence-corrected chi connectivity index (χ0v) is 22.7. The van der Waals surface area contributed by atoms with Crippen LogP contribution in [0.15, 0.2) is 35.4 Å². The second-order valence-corrected chi connectivity index (χ2v) is 13.2. The van der Waals surface area contributed by atoms with Crippen LogP contribution in [0, 0.1) is 35.0 Å². The monoisotopic (exact) mass is 516 g/mol. The second kappa shape index (κ2) is 8.51. The summed E-state index contributed by atoms with van der Waals surface area (Å²) in [6, 6.07) is 8.27. The average Bonchev–Trinajstić information content (AvgIpc) is 3.61. The van der Waals surface area contributed by atoms with E-state index in [1.807, 2.05) is 19.1 Å². The third-order valence-electron chi connectivity index (χ3n) is 11.3. The maximum Gasteiger partial charge on any atom is 0.171 e. The number of ketones is 1. The molecular weight excluding hydrogens is 476 g/mol. The summed E-state index contributed by atoms with van der Waals surface area (Å²) in [4.78, 5) is 12.7. The number of rotatable bonds is 3. The van der Waals surface area contributed by atoms with Crippen molar-refractivity contribution in [1.29, 1.82) is 0 Å². The molecule has 1 aromatic rings. The number of carbonyl (C=O) groups is 1. The van der Waals surface area contributed by atoms with Crippen molar-refractivity contribution >= 4 is 5.78 Å². The summed E-state index contributed by atoms with van der Waals surface area (Å²) in [7, 11) is 0. The maximum absolute atomic E-state index is 12.7. The summed E-state index contributed by atoms with van der Waals surface area (Å²) in [5.41, 5.74) is 2.32. The molecule has 5 fully saturated rings. The quantitative estimate of drug-likeness (QED) is 0.324. The first-order valence-electron chi connectivity index (χ1n) is 14.8. The third kappa shape index (κ3) is 3.57. The predicted octanol–water partition coefficient (Wildman–Crippen LogP) is 5.30. The minimum absolute atomic E-state index is 0.0795. The fourth-order valence-corrected chi connectivity index (χ4v) is 9.19. The van der Waals surface area contributed by atoms with Crippen molar-refractivity contribution in [1.82, 2.24) is 0 Å². The Kier molecular flexibility index (Phi) is 5.61. The molecule has 5 heteroatoms. The highest BCUT2D eigenvalue weighted by Gasteiger charge is 2.64. The largest absolute Gasteiger partial charge is 0.385 e. The number of Topliss-reactive ketones (excluding diaryl/α,β-unsaturated/α-hetero) is 1. The first-order chi connectivity index (χ1) is 18.2. The van der Waals surface area contributed by atoms with Crippen LogP contribution >= 0.6 is 0 Å². The number of ether oxygens (including phenoxy) is 2. The van der Waals surface area contributed by atoms with Crippen LogP contribution in [0.2, 0.25) is 0 Å². The van der Waals surface area contributed by atoms with Gasteiger partial charge in [0, 0.05) is 35.7 Å². The molecule has 1 heterocycles. The first kappa shape index (κ1) is 25.0. The lowest BCUT2D eigenvalue weighted by Gasteiger charge is -2.57. The summed E-state index contributed by atoms with van der Waals surface area (Å²) in [6.07, 6.45) is 8.12. The molecule has 1 aliphatic heterocycles. The molecule has 6 aliphatic rings. The van der Waals surface area contributed by atoms with E-state index in [1.165, 1.54) is 16.7 Å². The van der Waals surface area contributed by atoms with E-state index in [0.29, 0.717) is 44.3 Å². The molecule has 0 radical (unpaired) electrons. The van der Waals surface area contributed by atoms with Crippen LogP contribution in [0.25, 0.3) is 0 Å². The highest BCUT2D eigenvalue weighted by Crippen LogP contribution is 2.67. The average molecular weight is 517 g/mol. The van der Waals surface area contributed by atoms with Gasteiger partial charge >= 0.3 is 0 Å². The molecule has 1 aromatic carbocycles. The summed E-state index contributed by atoms with van der Waals surface area (Å²) < 4.78 is 12.1. The van der Waals surface area contributed by atoms with Gasteiger partial charge in [0.05, 0.1) is 18.8 Å². The van der Waals surface area contributed by atoms with Gasteiger partial charge < -0.3 is 19.7 Å². The number of hydrogen-bond donors (Lipinski definition) is 2. The van der Waals surface area contributed by atoms with Gasteiger partial charge in [-0.15, -0.1) is 5.92 Å². The molecule has 0 bridgehead atoms. The number of allylic oxidation sites excluding steroid dienone is 1. The number of carbonyl (C=O) groups excluding carboxylic acids is 1. The molecule has 2 N–H and O–H groups in total. The molecule has 5 nitrogen and oxygen atoms in total. The van der Waals surface area contributed by atoms with Crippen molar-refractivity contribution < 1.29 is 24.5 Å². The third-order valence-corrected chi connectivity index (χ3v) is 11.3. The minimum Gasteiger partial charge on any atom is -0.385 e. The number of benzene rings is 1. The van der Waals surface area contributed by atoms with Crippen molar-refractivity contribution in [3.63, 3.8) is 0 Å². The number of aliphatic hydroxyl groups is 2. The van der Waals surface area contributed by atoms with Gasteiger partial charge in [-0.25, -0.2) is 0 Å². The van der Waals surface area contributed by atoms with Crippen LogP contribution in [0.4, 0.5) is 0 Å². The Bertz CT molecular complexity index is 1240. The Morgan fingerprint density at radius 2 is 1.74 bits per heavy atom. The topological polar surface area (TPSA) is 76.0 Å². The first-order valence-corrected chi connectivity index (χ1v) is 14.8. The van der Waals surface area contributed by atoms with E-state index in [9.17, 15) is 15.0 Å². The van der Waals surface area contributed by atoms with Gasteiger partial charge in [0.25, 0.3) is 0 Å². The normalized spacial score (nSPS) is 41.2. The number of hydrogen-bond acceptors (Lipinski definition) is 5. The van der Waals surface area contributed by atoms with Crippen LogP contribution < -0.4 is 0 Å².